The second kappa shape index (κ2) is 6.27. The predicted octanol–water partition coefficient (Wildman–Crippen LogP) is 0.243. The highest BCUT2D eigenvalue weighted by Gasteiger charge is 2.10. The summed E-state index contributed by atoms with van der Waals surface area (Å²) in [6, 6.07) is 7.30. The van der Waals surface area contributed by atoms with Crippen molar-refractivity contribution in [3.8, 4) is 0 Å². The molecule has 7 nitrogen and oxygen atoms in total. The molecule has 0 atom stereocenters. The fourth-order valence-electron chi connectivity index (χ4n) is 2.03. The summed E-state index contributed by atoms with van der Waals surface area (Å²) in [5.74, 6) is 0.123. The van der Waals surface area contributed by atoms with Crippen molar-refractivity contribution in [3.05, 3.63) is 56.2 Å². The first-order valence-corrected chi connectivity index (χ1v) is 6.62. The molecular weight excluding hydrogens is 272 g/mol. The number of nitrogens with two attached hydrogens (primary N) is 1. The molecule has 0 bridgehead atoms. The van der Waals surface area contributed by atoms with Gasteiger partial charge in [0, 0.05) is 13.1 Å². The molecule has 0 saturated heterocycles. The monoisotopic (exact) mass is 290 g/mol. The van der Waals surface area contributed by atoms with Gasteiger partial charge in [-0.2, -0.15) is 0 Å². The third kappa shape index (κ3) is 3.14. The summed E-state index contributed by atoms with van der Waals surface area (Å²) in [6.45, 7) is 2.53. The van der Waals surface area contributed by atoms with E-state index in [-0.39, 0.29) is 18.1 Å². The van der Waals surface area contributed by atoms with Gasteiger partial charge >= 0.3 is 5.69 Å². The van der Waals surface area contributed by atoms with Gasteiger partial charge in [-0.3, -0.25) is 14.3 Å². The van der Waals surface area contributed by atoms with Crippen LogP contribution in [0, 0.1) is 0 Å². The van der Waals surface area contributed by atoms with E-state index in [1.807, 2.05) is 12.1 Å². The highest BCUT2D eigenvalue weighted by atomic mass is 16.3. The van der Waals surface area contributed by atoms with Crippen LogP contribution in [0.1, 0.15) is 18.1 Å². The Morgan fingerprint density at radius 3 is 2.43 bits per heavy atom. The molecule has 21 heavy (non-hydrogen) atoms. The molecule has 2 rings (SSSR count). The van der Waals surface area contributed by atoms with Crippen LogP contribution in [0.3, 0.4) is 0 Å². The molecule has 1 aromatic carbocycles. The number of aromatic amines is 1. The van der Waals surface area contributed by atoms with Gasteiger partial charge in [0.2, 0.25) is 0 Å². The lowest BCUT2D eigenvalue weighted by Crippen LogP contribution is -2.33. The van der Waals surface area contributed by atoms with Crippen LogP contribution in [-0.2, 0) is 19.7 Å². The van der Waals surface area contributed by atoms with Crippen molar-refractivity contribution in [2.75, 3.05) is 11.1 Å². The van der Waals surface area contributed by atoms with Crippen LogP contribution < -0.4 is 22.3 Å². The average Bonchev–Trinajstić information content (AvgIpc) is 2.47. The molecule has 0 aliphatic heterocycles. The van der Waals surface area contributed by atoms with Crippen molar-refractivity contribution in [1.29, 1.82) is 0 Å². The Balaban J connectivity index is 2.23. The lowest BCUT2D eigenvalue weighted by atomic mass is 10.1. The number of nitrogen functional groups attached to an aromatic ring is 1. The fourth-order valence-corrected chi connectivity index (χ4v) is 2.03. The van der Waals surface area contributed by atoms with Crippen LogP contribution in [0.25, 0.3) is 0 Å². The number of hydrogen-bond donors (Lipinski definition) is 4. The molecule has 0 amide bonds. The minimum atomic E-state index is -0.533. The standard InChI is InChI=1S/C14H18N4O3/c1-2-18-12(15)11(13(20)17-14(18)21)16-7-9-3-5-10(8-19)6-4-9/h3-6,16,19H,2,7-8,15H2,1H3,(H,17,20,21). The molecule has 0 saturated carbocycles. The zero-order valence-corrected chi connectivity index (χ0v) is 11.7. The zero-order chi connectivity index (χ0) is 15.4. The molecule has 5 N–H and O–H groups in total. The molecule has 0 fully saturated rings. The normalized spacial score (nSPS) is 10.6. The zero-order valence-electron chi connectivity index (χ0n) is 11.7. The molecule has 0 unspecified atom stereocenters. The Morgan fingerprint density at radius 2 is 1.86 bits per heavy atom. The number of H-pyrrole nitrogens is 1. The Hall–Kier alpha value is -2.54. The van der Waals surface area contributed by atoms with Gasteiger partial charge in [-0.05, 0) is 18.1 Å². The van der Waals surface area contributed by atoms with Crippen LogP contribution in [0.15, 0.2) is 33.9 Å². The average molecular weight is 290 g/mol. The maximum atomic E-state index is 11.8. The molecule has 1 heterocycles. The summed E-state index contributed by atoms with van der Waals surface area (Å²) in [5, 5.41) is 11.9. The number of aliphatic hydroxyl groups is 1. The van der Waals surface area contributed by atoms with Crippen molar-refractivity contribution in [3.63, 3.8) is 0 Å². The van der Waals surface area contributed by atoms with Gasteiger partial charge in [-0.25, -0.2) is 4.79 Å². The Labute approximate surface area is 121 Å². The smallest absolute Gasteiger partial charge is 0.330 e. The highest BCUT2D eigenvalue weighted by molar-refractivity contribution is 5.60. The molecule has 0 aliphatic carbocycles. The van der Waals surface area contributed by atoms with E-state index >= 15 is 0 Å². The number of nitrogens with zero attached hydrogens (tertiary/aromatic N) is 1. The largest absolute Gasteiger partial charge is 0.392 e. The molecular formula is C14H18N4O3. The summed E-state index contributed by atoms with van der Waals surface area (Å²) in [6.07, 6.45) is 0. The number of aliphatic hydroxyl groups excluding tert-OH is 1. The van der Waals surface area contributed by atoms with Crippen LogP contribution in [0.2, 0.25) is 0 Å². The van der Waals surface area contributed by atoms with Crippen molar-refractivity contribution >= 4 is 11.5 Å². The van der Waals surface area contributed by atoms with Crippen molar-refractivity contribution in [2.24, 2.45) is 0 Å². The van der Waals surface area contributed by atoms with E-state index in [2.05, 4.69) is 10.3 Å². The van der Waals surface area contributed by atoms with E-state index in [0.29, 0.717) is 13.1 Å². The maximum absolute atomic E-state index is 11.8. The first-order chi connectivity index (χ1) is 10.1. The fraction of sp³-hybridized carbons (Fsp3) is 0.286. The molecule has 1 aromatic heterocycles. The molecule has 2 aromatic rings. The van der Waals surface area contributed by atoms with Gasteiger partial charge in [-0.15, -0.1) is 0 Å². The summed E-state index contributed by atoms with van der Waals surface area (Å²) in [5.41, 5.74) is 6.73. The maximum Gasteiger partial charge on any atom is 0.330 e. The van der Waals surface area contributed by atoms with Gasteiger partial charge in [0.15, 0.2) is 0 Å². The van der Waals surface area contributed by atoms with Crippen LogP contribution in [-0.4, -0.2) is 14.7 Å². The van der Waals surface area contributed by atoms with Crippen molar-refractivity contribution in [1.82, 2.24) is 9.55 Å². The second-order valence-corrected chi connectivity index (χ2v) is 4.59. The second-order valence-electron chi connectivity index (χ2n) is 4.59. The summed E-state index contributed by atoms with van der Waals surface area (Å²) in [4.78, 5) is 25.6. The topological polar surface area (TPSA) is 113 Å². The summed E-state index contributed by atoms with van der Waals surface area (Å²) in [7, 11) is 0. The predicted molar refractivity (Wildman–Crippen MR) is 81.1 cm³/mol. The van der Waals surface area contributed by atoms with E-state index in [4.69, 9.17) is 10.8 Å². The van der Waals surface area contributed by atoms with Gasteiger partial charge in [0.25, 0.3) is 5.56 Å². The molecule has 0 aliphatic rings. The van der Waals surface area contributed by atoms with Crippen LogP contribution in [0.4, 0.5) is 11.5 Å². The molecule has 7 heteroatoms. The number of benzene rings is 1. The van der Waals surface area contributed by atoms with Gasteiger partial charge in [0.05, 0.1) is 6.61 Å². The Morgan fingerprint density at radius 1 is 1.24 bits per heavy atom. The van der Waals surface area contributed by atoms with Gasteiger partial charge < -0.3 is 16.2 Å². The number of rotatable bonds is 5. The number of anilines is 2. The Kier molecular flexibility index (Phi) is 4.44. The lowest BCUT2D eigenvalue weighted by molar-refractivity contribution is 0.282. The third-order valence-electron chi connectivity index (χ3n) is 3.23. The molecule has 0 spiro atoms. The highest BCUT2D eigenvalue weighted by Crippen LogP contribution is 2.12. The number of aromatic nitrogens is 2. The van der Waals surface area contributed by atoms with E-state index < -0.39 is 11.2 Å². The summed E-state index contributed by atoms with van der Waals surface area (Å²) >= 11 is 0. The first-order valence-electron chi connectivity index (χ1n) is 6.62. The first kappa shape index (κ1) is 14.9. The SMILES string of the molecule is CCn1c(N)c(NCc2ccc(CO)cc2)c(=O)[nH]c1=O. The number of hydrogen-bond acceptors (Lipinski definition) is 5. The quantitative estimate of drug-likeness (QED) is 0.630. The van der Waals surface area contributed by atoms with Gasteiger partial charge in [0.1, 0.15) is 11.5 Å². The van der Waals surface area contributed by atoms with Crippen molar-refractivity contribution < 1.29 is 5.11 Å². The van der Waals surface area contributed by atoms with Crippen molar-refractivity contribution in [2.45, 2.75) is 26.6 Å². The van der Waals surface area contributed by atoms with E-state index in [0.717, 1.165) is 11.1 Å². The van der Waals surface area contributed by atoms with Crippen LogP contribution >= 0.6 is 0 Å². The molecule has 0 radical (unpaired) electrons. The van der Waals surface area contributed by atoms with Crippen LogP contribution in [0.5, 0.6) is 0 Å². The Bertz CT molecular complexity index is 731. The van der Waals surface area contributed by atoms with E-state index in [9.17, 15) is 9.59 Å². The third-order valence-corrected chi connectivity index (χ3v) is 3.23. The van der Waals surface area contributed by atoms with E-state index in [1.54, 1.807) is 19.1 Å². The minimum absolute atomic E-state index is 0.0121. The molecule has 112 valence electrons. The number of nitrogens with one attached hydrogen (secondary N) is 2. The lowest BCUT2D eigenvalue weighted by Gasteiger charge is -2.12. The summed E-state index contributed by atoms with van der Waals surface area (Å²) < 4.78 is 1.29. The minimum Gasteiger partial charge on any atom is -0.392 e. The van der Waals surface area contributed by atoms with Gasteiger partial charge in [-0.1, -0.05) is 24.3 Å². The van der Waals surface area contributed by atoms with E-state index in [1.165, 1.54) is 4.57 Å².